The number of carbonyl (C=O) groups is 9. The number of amides is 6. The van der Waals surface area contributed by atoms with Crippen LogP contribution < -0.4 is 29.6 Å². The molecule has 0 unspecified atom stereocenters. The number of nitrogens with zero attached hydrogens (tertiary/aromatic N) is 4. The lowest BCUT2D eigenvalue weighted by atomic mass is 9.87. The maximum atomic E-state index is 14.9. The summed E-state index contributed by atoms with van der Waals surface area (Å²) >= 11 is 0. The van der Waals surface area contributed by atoms with E-state index in [1.165, 1.54) is 82.2 Å². The summed E-state index contributed by atoms with van der Waals surface area (Å²) in [5.74, 6) is -5.26. The Kier molecular flexibility index (Phi) is 24.7. The molecule has 7 rings (SSSR count). The number of esters is 2. The van der Waals surface area contributed by atoms with Crippen LogP contribution in [0.2, 0.25) is 0 Å². The molecule has 0 radical (unpaired) electrons. The monoisotopic (exact) mass is 1250 g/mol. The van der Waals surface area contributed by atoms with Gasteiger partial charge < -0.3 is 63.8 Å². The summed E-state index contributed by atoms with van der Waals surface area (Å²) in [5, 5.41) is 15.9. The molecular formula is C69H82N6O16. The summed E-state index contributed by atoms with van der Waals surface area (Å²) in [6, 6.07) is 29.3. The van der Waals surface area contributed by atoms with Crippen LogP contribution >= 0.6 is 0 Å². The highest BCUT2D eigenvalue weighted by Gasteiger charge is 2.43. The van der Waals surface area contributed by atoms with Crippen molar-refractivity contribution >= 4 is 53.2 Å². The first kappa shape index (κ1) is 68.8. The number of phenols is 1. The fourth-order valence-electron chi connectivity index (χ4n) is 10.8. The second kappa shape index (κ2) is 32.7. The van der Waals surface area contributed by atoms with Crippen molar-refractivity contribution in [3.05, 3.63) is 161 Å². The summed E-state index contributed by atoms with van der Waals surface area (Å²) in [4.78, 5) is 133. The fraction of sp³-hybridized carbons (Fsp3) is 0.406. The number of carbonyl (C=O) groups excluding carboxylic acids is 9. The van der Waals surface area contributed by atoms with E-state index in [1.807, 2.05) is 6.07 Å². The predicted molar refractivity (Wildman–Crippen MR) is 336 cm³/mol. The number of rotatable bonds is 12. The molecule has 5 aromatic rings. The molecule has 0 aromatic heterocycles. The van der Waals surface area contributed by atoms with Crippen LogP contribution in [-0.2, 0) is 78.3 Å². The van der Waals surface area contributed by atoms with Crippen molar-refractivity contribution in [1.29, 1.82) is 0 Å². The number of hydrogen-bond donors (Lipinski definition) is 3. The van der Waals surface area contributed by atoms with Crippen LogP contribution in [0, 0.1) is 5.41 Å². The second-order valence-electron chi connectivity index (χ2n) is 23.2. The lowest BCUT2D eigenvalue weighted by Gasteiger charge is -2.36. The molecule has 5 atom stereocenters. The van der Waals surface area contributed by atoms with Gasteiger partial charge in [-0.25, -0.2) is 9.59 Å². The van der Waals surface area contributed by atoms with Crippen LogP contribution in [0.25, 0.3) is 0 Å². The van der Waals surface area contributed by atoms with Crippen molar-refractivity contribution in [2.45, 2.75) is 102 Å². The maximum absolute atomic E-state index is 14.9. The van der Waals surface area contributed by atoms with E-state index < -0.39 is 109 Å². The molecule has 22 heteroatoms. The summed E-state index contributed by atoms with van der Waals surface area (Å²) in [5.41, 5.74) is 1.57. The molecule has 2 aliphatic heterocycles. The summed E-state index contributed by atoms with van der Waals surface area (Å²) in [7, 11) is 8.83. The molecule has 1 saturated heterocycles. The average Bonchev–Trinajstić information content (AvgIpc) is 1.37. The van der Waals surface area contributed by atoms with Crippen molar-refractivity contribution in [3.63, 3.8) is 0 Å². The molecule has 484 valence electrons. The zero-order chi connectivity index (χ0) is 65.8. The zero-order valence-electron chi connectivity index (χ0n) is 52.8. The Bertz CT molecular complexity index is 3400. The van der Waals surface area contributed by atoms with Gasteiger partial charge in [-0.2, -0.15) is 0 Å². The molecule has 3 N–H and O–H groups in total. The van der Waals surface area contributed by atoms with Crippen molar-refractivity contribution in [3.8, 4) is 28.7 Å². The van der Waals surface area contributed by atoms with Crippen LogP contribution in [0.15, 0.2) is 133 Å². The largest absolute Gasteiger partial charge is 0.508 e. The van der Waals surface area contributed by atoms with Gasteiger partial charge in [-0.3, -0.25) is 33.6 Å². The number of piperidine rings is 1. The normalized spacial score (nSPS) is 20.9. The quantitative estimate of drug-likeness (QED) is 0.0964. The fourth-order valence-corrected chi connectivity index (χ4v) is 10.8. The Morgan fingerprint density at radius 3 is 1.95 bits per heavy atom. The van der Waals surface area contributed by atoms with Gasteiger partial charge in [-0.1, -0.05) is 97.1 Å². The van der Waals surface area contributed by atoms with E-state index >= 15 is 0 Å². The molecular weight excluding hydrogens is 1170 g/mol. The third kappa shape index (κ3) is 18.9. The number of phenolic OH excluding ortho intramolecular Hbond substituents is 1. The summed E-state index contributed by atoms with van der Waals surface area (Å²) < 4.78 is 35.0. The molecule has 0 saturated carbocycles. The van der Waals surface area contributed by atoms with Gasteiger partial charge in [0.2, 0.25) is 35.2 Å². The molecule has 1 fully saturated rings. The summed E-state index contributed by atoms with van der Waals surface area (Å²) in [6.07, 6.45) is 3.41. The van der Waals surface area contributed by atoms with Gasteiger partial charge in [0.15, 0.2) is 18.1 Å². The molecule has 2 aliphatic rings. The first-order chi connectivity index (χ1) is 43.6. The highest BCUT2D eigenvalue weighted by Crippen LogP contribution is 2.41. The van der Waals surface area contributed by atoms with Crippen LogP contribution in [0.4, 0.5) is 0 Å². The molecule has 22 nitrogen and oxygen atoms in total. The number of ketones is 1. The second-order valence-corrected chi connectivity index (χ2v) is 23.2. The van der Waals surface area contributed by atoms with E-state index in [0.717, 1.165) is 16.5 Å². The van der Waals surface area contributed by atoms with E-state index in [-0.39, 0.29) is 69.5 Å². The van der Waals surface area contributed by atoms with Crippen LogP contribution in [0.5, 0.6) is 28.7 Å². The smallest absolute Gasteiger partial charge is 0.330 e. The van der Waals surface area contributed by atoms with Crippen LogP contribution in [0.1, 0.15) is 79.9 Å². The number of cyclic esters (lactones) is 2. The molecule has 2 bridgehead atoms. The standard InChI is InChI=1S/C69H82N6O16/c1-69(2)44-90-60(79)27-16-17-36-72(3)65(82)52(38-45-20-11-9-12-21-45)70-58(77)42-73(4)66(83)53(39-46-22-13-10-14-23-46)71-64(81)55(40-47-28-32-50(76)33-29-47)74(5)59(78)43-89-51-25-19-24-49(41-51)56(34-30-48-31-35-57(86-6)62(88-8)61(48)87-7)91-68(85)54-26-15-18-37-75(54)67(84)63(69)80/h9-14,16,19-25,27-29,31-33,35,41,52-56,76H,15,17-18,26,30,34,36-40,42-44H2,1-8H3,(H,70,77)(H,71,81)/t52-,53-,54+,55+,56-/m1/s1. The number of ether oxygens (including phenoxy) is 6. The minimum Gasteiger partial charge on any atom is -0.508 e. The first-order valence-corrected chi connectivity index (χ1v) is 30.2. The first-order valence-electron chi connectivity index (χ1n) is 30.2. The number of aromatic hydroxyl groups is 1. The van der Waals surface area contributed by atoms with Crippen molar-refractivity contribution in [2.24, 2.45) is 5.41 Å². The maximum Gasteiger partial charge on any atom is 0.330 e. The highest BCUT2D eigenvalue weighted by molar-refractivity contribution is 6.38. The van der Waals surface area contributed by atoms with Gasteiger partial charge in [-0.15, -0.1) is 0 Å². The van der Waals surface area contributed by atoms with Gasteiger partial charge >= 0.3 is 11.9 Å². The van der Waals surface area contributed by atoms with Gasteiger partial charge in [0.1, 0.15) is 48.4 Å². The van der Waals surface area contributed by atoms with E-state index in [0.29, 0.717) is 52.3 Å². The molecule has 0 spiro atoms. The van der Waals surface area contributed by atoms with Crippen LogP contribution in [0.3, 0.4) is 0 Å². The predicted octanol–water partition coefficient (Wildman–Crippen LogP) is 5.93. The van der Waals surface area contributed by atoms with E-state index in [1.54, 1.807) is 110 Å². The highest BCUT2D eigenvalue weighted by atomic mass is 16.6. The van der Waals surface area contributed by atoms with Crippen molar-refractivity contribution in [2.75, 3.05) is 75.3 Å². The number of fused-ring (bicyclic) bond motifs is 3. The third-order valence-electron chi connectivity index (χ3n) is 16.1. The molecule has 6 amide bonds. The molecule has 2 heterocycles. The SMILES string of the molecule is COc1ccc(CC[C@H]2OC(=O)[C@@H]3CCCCN3C(=O)C(=O)C(C)(C)COC(=O)C=CCCN(C)C(=O)[C@@H](Cc3ccccc3)NC(=O)CN(C)C(=O)[C@@H](Cc3ccccc3)NC(=O)[C@H](Cc3ccc(O)cc3)N(C)C(=O)COc3cccc2c3)c(OC)c1OC. The van der Waals surface area contributed by atoms with E-state index in [9.17, 15) is 48.3 Å². The minimum atomic E-state index is -1.53. The number of benzene rings is 5. The number of hydrogen-bond acceptors (Lipinski definition) is 16. The molecule has 0 aliphatic carbocycles. The van der Waals surface area contributed by atoms with Crippen molar-refractivity contribution in [1.82, 2.24) is 30.2 Å². The Morgan fingerprint density at radius 2 is 1.30 bits per heavy atom. The van der Waals surface area contributed by atoms with E-state index in [2.05, 4.69) is 10.6 Å². The van der Waals surface area contributed by atoms with Crippen molar-refractivity contribution < 1.29 is 76.7 Å². The lowest BCUT2D eigenvalue weighted by Crippen LogP contribution is -2.57. The molecule has 5 aromatic carbocycles. The van der Waals surface area contributed by atoms with Gasteiger partial charge in [-0.05, 0) is 111 Å². The number of Topliss-reactive ketones (excluding diaryl/α,β-unsaturated/α-hetero) is 1. The van der Waals surface area contributed by atoms with Gasteiger partial charge in [0.25, 0.3) is 11.8 Å². The third-order valence-corrected chi connectivity index (χ3v) is 16.1. The number of methoxy groups -OCH3 is 3. The minimum absolute atomic E-state index is 0.0146. The summed E-state index contributed by atoms with van der Waals surface area (Å²) in [6.45, 7) is 1.50. The Morgan fingerprint density at radius 1 is 0.659 bits per heavy atom. The zero-order valence-corrected chi connectivity index (χ0v) is 52.8. The lowest BCUT2D eigenvalue weighted by molar-refractivity contribution is -0.165. The number of aryl methyl sites for hydroxylation is 1. The Labute approximate surface area is 530 Å². The van der Waals surface area contributed by atoms with E-state index in [4.69, 9.17) is 28.4 Å². The number of likely N-dealkylation sites (N-methyl/N-ethyl adjacent to an activating group) is 3. The Hall–Kier alpha value is -9.73. The van der Waals surface area contributed by atoms with Gasteiger partial charge in [0, 0.05) is 59.6 Å². The van der Waals surface area contributed by atoms with Gasteiger partial charge in [0.05, 0.1) is 33.3 Å². The average molecular weight is 1250 g/mol. The Balaban J connectivity index is 1.23. The molecule has 91 heavy (non-hydrogen) atoms. The number of nitrogens with one attached hydrogen (secondary N) is 2. The van der Waals surface area contributed by atoms with Crippen LogP contribution in [-0.4, -0.2) is 177 Å². The topological polar surface area (TPSA) is 266 Å².